The van der Waals surface area contributed by atoms with Crippen molar-refractivity contribution in [3.05, 3.63) is 34.4 Å². The molecule has 1 atom stereocenters. The van der Waals surface area contributed by atoms with Gasteiger partial charge < -0.3 is 4.57 Å². The van der Waals surface area contributed by atoms with E-state index in [2.05, 4.69) is 6.07 Å². The second kappa shape index (κ2) is 3.77. The zero-order valence-corrected chi connectivity index (χ0v) is 9.55. The molecule has 0 radical (unpaired) electrons. The first-order chi connectivity index (χ1) is 7.13. The fourth-order valence-corrected chi connectivity index (χ4v) is 2.13. The monoisotopic (exact) mass is 238 g/mol. The van der Waals surface area contributed by atoms with Crippen molar-refractivity contribution in [2.75, 3.05) is 0 Å². The minimum Gasteiger partial charge on any atom is -0.331 e. The molecule has 0 saturated heterocycles. The van der Waals surface area contributed by atoms with Gasteiger partial charge in [0.1, 0.15) is 6.04 Å². The van der Waals surface area contributed by atoms with Gasteiger partial charge in [0.15, 0.2) is 0 Å². The SMILES string of the molecule is CC(C#N)n1ccc2c(Cl)cc(Cl)cc21. The lowest BCUT2D eigenvalue weighted by molar-refractivity contribution is 0.701. The number of rotatable bonds is 1. The second-order valence-corrected chi connectivity index (χ2v) is 4.19. The van der Waals surface area contributed by atoms with Crippen LogP contribution in [0.4, 0.5) is 0 Å². The number of fused-ring (bicyclic) bond motifs is 1. The standard InChI is InChI=1S/C11H8Cl2N2/c1-7(6-14)15-3-2-9-10(13)4-8(12)5-11(9)15/h2-5,7H,1H3. The Hall–Kier alpha value is -1.17. The highest BCUT2D eigenvalue weighted by atomic mass is 35.5. The number of halogens is 2. The highest BCUT2D eigenvalue weighted by molar-refractivity contribution is 6.38. The Morgan fingerprint density at radius 3 is 2.80 bits per heavy atom. The van der Waals surface area contributed by atoms with E-state index in [9.17, 15) is 0 Å². The molecule has 0 aliphatic carbocycles. The molecule has 2 aromatic rings. The van der Waals surface area contributed by atoms with E-state index < -0.39 is 0 Å². The van der Waals surface area contributed by atoms with E-state index in [1.807, 2.05) is 29.8 Å². The smallest absolute Gasteiger partial charge is 0.118 e. The summed E-state index contributed by atoms with van der Waals surface area (Å²) in [4.78, 5) is 0. The summed E-state index contributed by atoms with van der Waals surface area (Å²) in [6.45, 7) is 1.83. The van der Waals surface area contributed by atoms with Crippen molar-refractivity contribution in [2.45, 2.75) is 13.0 Å². The van der Waals surface area contributed by atoms with Gasteiger partial charge in [0.2, 0.25) is 0 Å². The van der Waals surface area contributed by atoms with Crippen molar-refractivity contribution < 1.29 is 0 Å². The Labute approximate surface area is 97.6 Å². The number of hydrogen-bond donors (Lipinski definition) is 0. The van der Waals surface area contributed by atoms with E-state index in [0.29, 0.717) is 10.0 Å². The fraction of sp³-hybridized carbons (Fsp3) is 0.182. The van der Waals surface area contributed by atoms with Crippen LogP contribution in [0.15, 0.2) is 24.4 Å². The number of aromatic nitrogens is 1. The van der Waals surface area contributed by atoms with E-state index in [4.69, 9.17) is 28.5 Å². The molecule has 0 amide bonds. The molecule has 1 aromatic heterocycles. The van der Waals surface area contributed by atoms with Gasteiger partial charge in [-0.05, 0) is 25.1 Å². The van der Waals surface area contributed by atoms with E-state index >= 15 is 0 Å². The predicted octanol–water partition coefficient (Wildman–Crippen LogP) is 4.03. The Morgan fingerprint density at radius 1 is 1.40 bits per heavy atom. The third-order valence-corrected chi connectivity index (χ3v) is 2.89. The summed E-state index contributed by atoms with van der Waals surface area (Å²) >= 11 is 12.0. The van der Waals surface area contributed by atoms with Crippen LogP contribution in [-0.4, -0.2) is 4.57 Å². The largest absolute Gasteiger partial charge is 0.331 e. The van der Waals surface area contributed by atoms with Crippen LogP contribution in [0.1, 0.15) is 13.0 Å². The van der Waals surface area contributed by atoms with Gasteiger partial charge in [-0.25, -0.2) is 0 Å². The zero-order valence-electron chi connectivity index (χ0n) is 8.04. The van der Waals surface area contributed by atoms with Gasteiger partial charge in [0.25, 0.3) is 0 Å². The Morgan fingerprint density at radius 2 is 2.13 bits per heavy atom. The lowest BCUT2D eigenvalue weighted by Crippen LogP contribution is -1.99. The normalized spacial score (nSPS) is 12.7. The highest BCUT2D eigenvalue weighted by Gasteiger charge is 2.10. The average Bonchev–Trinajstić information content (AvgIpc) is 2.60. The Bertz CT molecular complexity index is 551. The van der Waals surface area contributed by atoms with Crippen molar-refractivity contribution in [1.29, 1.82) is 5.26 Å². The fourth-order valence-electron chi connectivity index (χ4n) is 1.58. The summed E-state index contributed by atoms with van der Waals surface area (Å²) in [5.74, 6) is 0. The van der Waals surface area contributed by atoms with Gasteiger partial charge in [0, 0.05) is 16.6 Å². The molecule has 2 nitrogen and oxygen atoms in total. The highest BCUT2D eigenvalue weighted by Crippen LogP contribution is 2.30. The summed E-state index contributed by atoms with van der Waals surface area (Å²) in [5, 5.41) is 11.0. The zero-order chi connectivity index (χ0) is 11.0. The Balaban J connectivity index is 2.75. The molecule has 0 N–H and O–H groups in total. The molecule has 0 aliphatic rings. The van der Waals surface area contributed by atoms with Crippen LogP contribution < -0.4 is 0 Å². The molecule has 4 heteroatoms. The molecule has 1 aromatic carbocycles. The molecule has 0 fully saturated rings. The molecule has 15 heavy (non-hydrogen) atoms. The van der Waals surface area contributed by atoms with Crippen LogP contribution in [0.3, 0.4) is 0 Å². The first-order valence-electron chi connectivity index (χ1n) is 4.48. The first kappa shape index (κ1) is 10.4. The molecule has 0 bridgehead atoms. The predicted molar refractivity (Wildman–Crippen MR) is 62.3 cm³/mol. The molecule has 76 valence electrons. The number of nitrogens with zero attached hydrogens (tertiary/aromatic N) is 2. The van der Waals surface area contributed by atoms with Gasteiger partial charge in [-0.15, -0.1) is 0 Å². The van der Waals surface area contributed by atoms with Crippen LogP contribution in [0.5, 0.6) is 0 Å². The summed E-state index contributed by atoms with van der Waals surface area (Å²) in [5.41, 5.74) is 0.890. The average molecular weight is 239 g/mol. The van der Waals surface area contributed by atoms with Crippen LogP contribution in [0.2, 0.25) is 10.0 Å². The van der Waals surface area contributed by atoms with E-state index in [1.54, 1.807) is 6.07 Å². The third kappa shape index (κ3) is 1.69. The van der Waals surface area contributed by atoms with Gasteiger partial charge >= 0.3 is 0 Å². The maximum atomic E-state index is 8.87. The summed E-state index contributed by atoms with van der Waals surface area (Å²) < 4.78 is 1.85. The van der Waals surface area contributed by atoms with Crippen molar-refractivity contribution in [3.8, 4) is 6.07 Å². The van der Waals surface area contributed by atoms with Gasteiger partial charge in [-0.3, -0.25) is 0 Å². The van der Waals surface area contributed by atoms with E-state index in [0.717, 1.165) is 10.9 Å². The van der Waals surface area contributed by atoms with E-state index in [1.165, 1.54) is 0 Å². The van der Waals surface area contributed by atoms with Crippen LogP contribution in [0, 0.1) is 11.3 Å². The van der Waals surface area contributed by atoms with E-state index in [-0.39, 0.29) is 6.04 Å². The topological polar surface area (TPSA) is 28.7 Å². The molecule has 0 aliphatic heterocycles. The van der Waals surface area contributed by atoms with Crippen molar-refractivity contribution in [3.63, 3.8) is 0 Å². The van der Waals surface area contributed by atoms with Gasteiger partial charge in [-0.2, -0.15) is 5.26 Å². The molecule has 1 heterocycles. The van der Waals surface area contributed by atoms with Crippen LogP contribution in [0.25, 0.3) is 10.9 Å². The maximum absolute atomic E-state index is 8.87. The molecular weight excluding hydrogens is 231 g/mol. The molecule has 0 saturated carbocycles. The quantitative estimate of drug-likeness (QED) is 0.738. The van der Waals surface area contributed by atoms with Gasteiger partial charge in [-0.1, -0.05) is 23.2 Å². The van der Waals surface area contributed by atoms with Gasteiger partial charge in [0.05, 0.1) is 16.6 Å². The van der Waals surface area contributed by atoms with Crippen LogP contribution in [-0.2, 0) is 0 Å². The third-order valence-electron chi connectivity index (χ3n) is 2.36. The van der Waals surface area contributed by atoms with Crippen molar-refractivity contribution in [2.24, 2.45) is 0 Å². The maximum Gasteiger partial charge on any atom is 0.118 e. The number of nitriles is 1. The molecule has 0 spiro atoms. The van der Waals surface area contributed by atoms with Crippen molar-refractivity contribution >= 4 is 34.1 Å². The minimum atomic E-state index is -0.225. The molecule has 1 unspecified atom stereocenters. The minimum absolute atomic E-state index is 0.225. The summed E-state index contributed by atoms with van der Waals surface area (Å²) in [6.07, 6.45) is 1.85. The Kier molecular flexibility index (Phi) is 2.60. The summed E-state index contributed by atoms with van der Waals surface area (Å²) in [6, 6.07) is 7.36. The van der Waals surface area contributed by atoms with Crippen LogP contribution >= 0.6 is 23.2 Å². The summed E-state index contributed by atoms with van der Waals surface area (Å²) in [7, 11) is 0. The lowest BCUT2D eigenvalue weighted by atomic mass is 10.2. The molecule has 2 rings (SSSR count). The first-order valence-corrected chi connectivity index (χ1v) is 5.24. The van der Waals surface area contributed by atoms with Crippen molar-refractivity contribution in [1.82, 2.24) is 4.57 Å². The second-order valence-electron chi connectivity index (χ2n) is 3.35. The molecular formula is C11H8Cl2N2. The number of benzene rings is 1. The lowest BCUT2D eigenvalue weighted by Gasteiger charge is -2.07. The number of hydrogen-bond acceptors (Lipinski definition) is 1.